The Hall–Kier alpha value is -2.91. The highest BCUT2D eigenvalue weighted by Gasteiger charge is 2.09. The lowest BCUT2D eigenvalue weighted by Crippen LogP contribution is -2.27. The van der Waals surface area contributed by atoms with Crippen molar-refractivity contribution in [2.24, 2.45) is 0 Å². The SMILES string of the molecule is Cc1cc(-c2cccs2)nn1CCNC(=O)c1cccc(C#N)c1. The van der Waals surface area contributed by atoms with E-state index in [2.05, 4.69) is 10.4 Å². The Labute approximate surface area is 144 Å². The lowest BCUT2D eigenvalue weighted by Gasteiger charge is -2.07. The first-order valence-corrected chi connectivity index (χ1v) is 8.42. The van der Waals surface area contributed by atoms with E-state index in [0.29, 0.717) is 24.2 Å². The smallest absolute Gasteiger partial charge is 0.251 e. The summed E-state index contributed by atoms with van der Waals surface area (Å²) >= 11 is 1.66. The summed E-state index contributed by atoms with van der Waals surface area (Å²) in [6.07, 6.45) is 0. The summed E-state index contributed by atoms with van der Waals surface area (Å²) in [5, 5.41) is 18.4. The zero-order valence-corrected chi connectivity index (χ0v) is 14.0. The lowest BCUT2D eigenvalue weighted by atomic mass is 10.1. The van der Waals surface area contributed by atoms with Crippen LogP contribution < -0.4 is 5.32 Å². The average Bonchev–Trinajstić information content (AvgIpc) is 3.25. The van der Waals surface area contributed by atoms with Crippen LogP contribution in [0.1, 0.15) is 21.6 Å². The highest BCUT2D eigenvalue weighted by Crippen LogP contribution is 2.23. The normalized spacial score (nSPS) is 10.3. The molecule has 0 unspecified atom stereocenters. The first-order chi connectivity index (χ1) is 11.7. The number of nitriles is 1. The van der Waals surface area contributed by atoms with Crippen molar-refractivity contribution in [2.45, 2.75) is 13.5 Å². The average molecular weight is 336 g/mol. The molecular weight excluding hydrogens is 320 g/mol. The summed E-state index contributed by atoms with van der Waals surface area (Å²) in [6, 6.07) is 14.8. The Morgan fingerprint density at radius 2 is 2.21 bits per heavy atom. The van der Waals surface area contributed by atoms with Crippen LogP contribution in [0.4, 0.5) is 0 Å². The van der Waals surface area contributed by atoms with Gasteiger partial charge < -0.3 is 5.32 Å². The van der Waals surface area contributed by atoms with Crippen LogP contribution in [0.15, 0.2) is 47.8 Å². The van der Waals surface area contributed by atoms with Crippen molar-refractivity contribution in [3.05, 3.63) is 64.7 Å². The number of hydrogen-bond donors (Lipinski definition) is 1. The fraction of sp³-hybridized carbons (Fsp3) is 0.167. The Kier molecular flexibility index (Phi) is 4.73. The van der Waals surface area contributed by atoms with Crippen LogP contribution in [-0.4, -0.2) is 22.2 Å². The van der Waals surface area contributed by atoms with Gasteiger partial charge in [0.1, 0.15) is 5.69 Å². The minimum atomic E-state index is -0.185. The number of thiophene rings is 1. The van der Waals surface area contributed by atoms with Crippen LogP contribution in [0.3, 0.4) is 0 Å². The number of aromatic nitrogens is 2. The number of hydrogen-bond acceptors (Lipinski definition) is 4. The molecule has 0 bridgehead atoms. The third-order valence-corrected chi connectivity index (χ3v) is 4.51. The van der Waals surface area contributed by atoms with Crippen molar-refractivity contribution in [1.82, 2.24) is 15.1 Å². The molecule has 3 aromatic rings. The summed E-state index contributed by atoms with van der Waals surface area (Å²) in [6.45, 7) is 3.07. The molecule has 0 aliphatic carbocycles. The number of nitrogens with one attached hydrogen (secondary N) is 1. The molecule has 1 aromatic carbocycles. The first kappa shape index (κ1) is 16.0. The van der Waals surface area contributed by atoms with E-state index in [-0.39, 0.29) is 5.91 Å². The molecule has 0 aliphatic heterocycles. The van der Waals surface area contributed by atoms with Gasteiger partial charge in [-0.05, 0) is 42.6 Å². The summed E-state index contributed by atoms with van der Waals surface area (Å²) < 4.78 is 1.89. The Bertz CT molecular complexity index is 890. The second kappa shape index (κ2) is 7.11. The highest BCUT2D eigenvalue weighted by molar-refractivity contribution is 7.13. The maximum Gasteiger partial charge on any atom is 0.251 e. The molecule has 0 spiro atoms. The van der Waals surface area contributed by atoms with Crippen LogP contribution in [0, 0.1) is 18.3 Å². The number of carbonyl (C=O) groups is 1. The number of benzene rings is 1. The number of carbonyl (C=O) groups excluding carboxylic acids is 1. The standard InChI is InChI=1S/C18H16N4OS/c1-13-10-16(17-6-3-9-24-17)21-22(13)8-7-20-18(23)15-5-2-4-14(11-15)12-19/h2-6,9-11H,7-8H2,1H3,(H,20,23). The summed E-state index contributed by atoms with van der Waals surface area (Å²) in [5.41, 5.74) is 2.98. The van der Waals surface area contributed by atoms with Gasteiger partial charge >= 0.3 is 0 Å². The molecule has 0 saturated heterocycles. The molecule has 0 aliphatic rings. The lowest BCUT2D eigenvalue weighted by molar-refractivity contribution is 0.0952. The molecule has 1 N–H and O–H groups in total. The zero-order chi connectivity index (χ0) is 16.9. The number of rotatable bonds is 5. The molecule has 0 radical (unpaired) electrons. The molecule has 5 nitrogen and oxygen atoms in total. The molecule has 2 aromatic heterocycles. The van der Waals surface area contributed by atoms with Crippen LogP contribution >= 0.6 is 11.3 Å². The summed E-state index contributed by atoms with van der Waals surface area (Å²) in [4.78, 5) is 13.3. The molecule has 0 saturated carbocycles. The summed E-state index contributed by atoms with van der Waals surface area (Å²) in [7, 11) is 0. The van der Waals surface area contributed by atoms with Crippen molar-refractivity contribution in [3.8, 4) is 16.6 Å². The van der Waals surface area contributed by atoms with Crippen LogP contribution in [-0.2, 0) is 6.54 Å². The Morgan fingerprint density at radius 1 is 1.33 bits per heavy atom. The van der Waals surface area contributed by atoms with Crippen molar-refractivity contribution in [1.29, 1.82) is 5.26 Å². The van der Waals surface area contributed by atoms with Gasteiger partial charge in [0.05, 0.1) is 23.1 Å². The second-order valence-electron chi connectivity index (χ2n) is 5.32. The predicted octanol–water partition coefficient (Wildman–Crippen LogP) is 3.22. The van der Waals surface area contributed by atoms with E-state index in [1.165, 1.54) is 0 Å². The van der Waals surface area contributed by atoms with E-state index >= 15 is 0 Å². The van der Waals surface area contributed by atoms with Gasteiger partial charge in [0.25, 0.3) is 5.91 Å². The van der Waals surface area contributed by atoms with Gasteiger partial charge in [-0.15, -0.1) is 11.3 Å². The minimum Gasteiger partial charge on any atom is -0.350 e. The third kappa shape index (κ3) is 3.53. The quantitative estimate of drug-likeness (QED) is 0.777. The van der Waals surface area contributed by atoms with E-state index in [1.807, 2.05) is 41.3 Å². The van der Waals surface area contributed by atoms with Crippen LogP contribution in [0.2, 0.25) is 0 Å². The summed E-state index contributed by atoms with van der Waals surface area (Å²) in [5.74, 6) is -0.185. The van der Waals surface area contributed by atoms with Crippen LogP contribution in [0.25, 0.3) is 10.6 Å². The molecule has 0 fully saturated rings. The van der Waals surface area contributed by atoms with Gasteiger partial charge in [-0.3, -0.25) is 9.48 Å². The van der Waals surface area contributed by atoms with E-state index < -0.39 is 0 Å². The molecule has 24 heavy (non-hydrogen) atoms. The fourth-order valence-corrected chi connectivity index (χ4v) is 3.07. The van der Waals surface area contributed by atoms with Crippen LogP contribution in [0.5, 0.6) is 0 Å². The van der Waals surface area contributed by atoms with Crippen molar-refractivity contribution in [3.63, 3.8) is 0 Å². The van der Waals surface area contributed by atoms with E-state index in [0.717, 1.165) is 16.3 Å². The zero-order valence-electron chi connectivity index (χ0n) is 13.2. The van der Waals surface area contributed by atoms with Gasteiger partial charge in [0.2, 0.25) is 0 Å². The molecule has 3 rings (SSSR count). The van der Waals surface area contributed by atoms with Gasteiger partial charge in [0, 0.05) is 17.8 Å². The highest BCUT2D eigenvalue weighted by atomic mass is 32.1. The first-order valence-electron chi connectivity index (χ1n) is 7.54. The van der Waals surface area contributed by atoms with E-state index in [9.17, 15) is 4.79 Å². The van der Waals surface area contributed by atoms with Gasteiger partial charge in [-0.1, -0.05) is 12.1 Å². The van der Waals surface area contributed by atoms with Crippen molar-refractivity contribution >= 4 is 17.2 Å². The number of nitrogens with zero attached hydrogens (tertiary/aromatic N) is 3. The third-order valence-electron chi connectivity index (χ3n) is 3.62. The van der Waals surface area contributed by atoms with Gasteiger partial charge in [0.15, 0.2) is 0 Å². The maximum atomic E-state index is 12.1. The van der Waals surface area contributed by atoms with E-state index in [4.69, 9.17) is 5.26 Å². The Balaban J connectivity index is 1.60. The topological polar surface area (TPSA) is 70.7 Å². The molecule has 2 heterocycles. The monoisotopic (exact) mass is 336 g/mol. The number of amides is 1. The number of aryl methyl sites for hydroxylation is 1. The molecule has 6 heteroatoms. The molecular formula is C18H16N4OS. The molecule has 120 valence electrons. The van der Waals surface area contributed by atoms with Gasteiger partial charge in [-0.25, -0.2) is 0 Å². The molecule has 0 atom stereocenters. The molecule has 1 amide bonds. The predicted molar refractivity (Wildman–Crippen MR) is 93.8 cm³/mol. The minimum absolute atomic E-state index is 0.185. The maximum absolute atomic E-state index is 12.1. The van der Waals surface area contributed by atoms with Gasteiger partial charge in [-0.2, -0.15) is 10.4 Å². The second-order valence-corrected chi connectivity index (χ2v) is 6.27. The van der Waals surface area contributed by atoms with Crippen molar-refractivity contribution < 1.29 is 4.79 Å². The Morgan fingerprint density at radius 3 is 2.96 bits per heavy atom. The van der Waals surface area contributed by atoms with E-state index in [1.54, 1.807) is 35.6 Å². The largest absolute Gasteiger partial charge is 0.350 e. The van der Waals surface area contributed by atoms with Crippen molar-refractivity contribution in [2.75, 3.05) is 6.54 Å². The fourth-order valence-electron chi connectivity index (χ4n) is 2.39.